The van der Waals surface area contributed by atoms with Crippen molar-refractivity contribution in [3.05, 3.63) is 46.2 Å². The first-order valence-corrected chi connectivity index (χ1v) is 7.70. The number of hydrogen-bond donors (Lipinski definition) is 1. The zero-order chi connectivity index (χ0) is 14.4. The molecule has 1 unspecified atom stereocenters. The predicted octanol–water partition coefficient (Wildman–Crippen LogP) is 3.44. The number of ether oxygens (including phenoxy) is 2. The highest BCUT2D eigenvalue weighted by Crippen LogP contribution is 2.34. The van der Waals surface area contributed by atoms with Crippen molar-refractivity contribution in [1.29, 1.82) is 0 Å². The Morgan fingerprint density at radius 2 is 2.10 bits per heavy atom. The summed E-state index contributed by atoms with van der Waals surface area (Å²) in [4.78, 5) is 1.32. The lowest BCUT2D eigenvalue weighted by molar-refractivity contribution is 0.309. The van der Waals surface area contributed by atoms with Gasteiger partial charge in [-0.15, -0.1) is 11.3 Å². The number of hydrogen-bond acceptors (Lipinski definition) is 4. The summed E-state index contributed by atoms with van der Waals surface area (Å²) in [6.45, 7) is 3.23. The van der Waals surface area contributed by atoms with E-state index in [1.54, 1.807) is 18.4 Å². The minimum Gasteiger partial charge on any atom is -0.493 e. The summed E-state index contributed by atoms with van der Waals surface area (Å²) in [6.07, 6.45) is 0.862. The van der Waals surface area contributed by atoms with Gasteiger partial charge in [0, 0.05) is 17.3 Å². The molecule has 2 N–H and O–H groups in total. The third kappa shape index (κ3) is 3.32. The van der Waals surface area contributed by atoms with Crippen LogP contribution in [0.4, 0.5) is 0 Å². The van der Waals surface area contributed by atoms with Gasteiger partial charge in [-0.2, -0.15) is 0 Å². The molecule has 2 aromatic rings. The van der Waals surface area contributed by atoms with E-state index in [0.717, 1.165) is 23.5 Å². The number of nitrogens with two attached hydrogens (primary N) is 1. The molecular weight excluding hydrogens is 270 g/mol. The van der Waals surface area contributed by atoms with E-state index in [1.165, 1.54) is 4.88 Å². The lowest BCUT2D eigenvalue weighted by Crippen LogP contribution is -2.14. The normalized spacial score (nSPS) is 12.2. The molecule has 0 aliphatic carbocycles. The molecule has 0 spiro atoms. The summed E-state index contributed by atoms with van der Waals surface area (Å²) in [5.74, 6) is 1.94. The molecule has 0 fully saturated rings. The van der Waals surface area contributed by atoms with Gasteiger partial charge >= 0.3 is 0 Å². The minimum atomic E-state index is 0.320. The standard InChI is InChI=1S/C16H21NO2S/c1-3-19-14-7-4-6-12(16(14)18-2)10-13(11-17)15-8-5-9-20-15/h4-9,13H,3,10-11,17H2,1-2H3. The minimum absolute atomic E-state index is 0.320. The maximum Gasteiger partial charge on any atom is 0.163 e. The Labute approximate surface area is 124 Å². The number of thiophene rings is 1. The summed E-state index contributed by atoms with van der Waals surface area (Å²) in [6, 6.07) is 10.2. The molecule has 0 radical (unpaired) electrons. The van der Waals surface area contributed by atoms with Crippen molar-refractivity contribution in [1.82, 2.24) is 0 Å². The monoisotopic (exact) mass is 291 g/mol. The lowest BCUT2D eigenvalue weighted by Gasteiger charge is -2.17. The average Bonchev–Trinajstić information content (AvgIpc) is 2.99. The Balaban J connectivity index is 2.25. The Morgan fingerprint density at radius 3 is 2.70 bits per heavy atom. The third-order valence-electron chi connectivity index (χ3n) is 3.26. The molecule has 4 heteroatoms. The van der Waals surface area contributed by atoms with E-state index >= 15 is 0 Å². The van der Waals surface area contributed by atoms with Crippen LogP contribution in [0.15, 0.2) is 35.7 Å². The van der Waals surface area contributed by atoms with Gasteiger partial charge in [0.25, 0.3) is 0 Å². The quantitative estimate of drug-likeness (QED) is 0.850. The molecule has 0 bridgehead atoms. The zero-order valence-corrected chi connectivity index (χ0v) is 12.8. The van der Waals surface area contributed by atoms with Gasteiger partial charge in [0.15, 0.2) is 11.5 Å². The van der Waals surface area contributed by atoms with Crippen molar-refractivity contribution in [3.8, 4) is 11.5 Å². The highest BCUT2D eigenvalue weighted by atomic mass is 32.1. The van der Waals surface area contributed by atoms with Crippen LogP contribution >= 0.6 is 11.3 Å². The third-order valence-corrected chi connectivity index (χ3v) is 4.30. The van der Waals surface area contributed by atoms with Gasteiger partial charge in [0.05, 0.1) is 13.7 Å². The van der Waals surface area contributed by atoms with Crippen LogP contribution in [0.2, 0.25) is 0 Å². The highest BCUT2D eigenvalue weighted by molar-refractivity contribution is 7.10. The molecule has 0 aliphatic rings. The van der Waals surface area contributed by atoms with E-state index in [1.807, 2.05) is 19.1 Å². The van der Waals surface area contributed by atoms with Crippen molar-refractivity contribution in [2.24, 2.45) is 5.73 Å². The molecule has 0 amide bonds. The fourth-order valence-electron chi connectivity index (χ4n) is 2.31. The number of rotatable bonds is 7. The molecule has 20 heavy (non-hydrogen) atoms. The van der Waals surface area contributed by atoms with Crippen LogP contribution in [0.5, 0.6) is 11.5 Å². The van der Waals surface area contributed by atoms with Crippen LogP contribution in [-0.2, 0) is 6.42 Å². The van der Waals surface area contributed by atoms with E-state index in [-0.39, 0.29) is 0 Å². The van der Waals surface area contributed by atoms with Crippen LogP contribution in [-0.4, -0.2) is 20.3 Å². The van der Waals surface area contributed by atoms with E-state index in [9.17, 15) is 0 Å². The largest absolute Gasteiger partial charge is 0.493 e. The van der Waals surface area contributed by atoms with Gasteiger partial charge in [-0.3, -0.25) is 0 Å². The van der Waals surface area contributed by atoms with Crippen molar-refractivity contribution in [2.75, 3.05) is 20.3 Å². The smallest absolute Gasteiger partial charge is 0.163 e. The van der Waals surface area contributed by atoms with Gasteiger partial charge in [-0.05, 0) is 36.4 Å². The van der Waals surface area contributed by atoms with Gasteiger partial charge in [0.2, 0.25) is 0 Å². The second-order valence-electron chi connectivity index (χ2n) is 4.53. The zero-order valence-electron chi connectivity index (χ0n) is 12.0. The van der Waals surface area contributed by atoms with E-state index in [0.29, 0.717) is 19.1 Å². The predicted molar refractivity (Wildman–Crippen MR) is 84.0 cm³/mol. The molecule has 1 atom stereocenters. The maximum absolute atomic E-state index is 5.93. The molecule has 1 aromatic carbocycles. The van der Waals surface area contributed by atoms with Gasteiger partial charge in [-0.25, -0.2) is 0 Å². The van der Waals surface area contributed by atoms with Crippen molar-refractivity contribution >= 4 is 11.3 Å². The fraction of sp³-hybridized carbons (Fsp3) is 0.375. The molecule has 3 nitrogen and oxygen atoms in total. The topological polar surface area (TPSA) is 44.5 Å². The summed E-state index contributed by atoms with van der Waals surface area (Å²) in [7, 11) is 1.68. The van der Waals surface area contributed by atoms with Crippen LogP contribution in [0.1, 0.15) is 23.3 Å². The first-order valence-electron chi connectivity index (χ1n) is 6.82. The molecule has 2 rings (SSSR count). The van der Waals surface area contributed by atoms with E-state index in [4.69, 9.17) is 15.2 Å². The second kappa shape index (κ2) is 7.31. The maximum atomic E-state index is 5.93. The number of para-hydroxylation sites is 1. The summed E-state index contributed by atoms with van der Waals surface area (Å²) < 4.78 is 11.2. The van der Waals surface area contributed by atoms with Crippen LogP contribution in [0.3, 0.4) is 0 Å². The average molecular weight is 291 g/mol. The second-order valence-corrected chi connectivity index (χ2v) is 5.51. The number of benzene rings is 1. The van der Waals surface area contributed by atoms with Crippen molar-refractivity contribution in [3.63, 3.8) is 0 Å². The highest BCUT2D eigenvalue weighted by Gasteiger charge is 2.16. The summed E-state index contributed by atoms with van der Waals surface area (Å²) in [5.41, 5.74) is 7.08. The molecule has 1 aromatic heterocycles. The van der Waals surface area contributed by atoms with Crippen LogP contribution in [0.25, 0.3) is 0 Å². The van der Waals surface area contributed by atoms with Crippen LogP contribution < -0.4 is 15.2 Å². The van der Waals surface area contributed by atoms with E-state index in [2.05, 4.69) is 23.6 Å². The Hall–Kier alpha value is -1.52. The van der Waals surface area contributed by atoms with Gasteiger partial charge in [0.1, 0.15) is 0 Å². The van der Waals surface area contributed by atoms with Crippen LogP contribution in [0, 0.1) is 0 Å². The molecule has 0 aliphatic heterocycles. The van der Waals surface area contributed by atoms with Gasteiger partial charge in [-0.1, -0.05) is 18.2 Å². The molecular formula is C16H21NO2S. The summed E-state index contributed by atoms with van der Waals surface area (Å²) >= 11 is 1.75. The fourth-order valence-corrected chi connectivity index (χ4v) is 3.16. The Kier molecular flexibility index (Phi) is 5.44. The van der Waals surface area contributed by atoms with Gasteiger partial charge < -0.3 is 15.2 Å². The molecule has 0 saturated carbocycles. The Bertz CT molecular complexity index is 525. The lowest BCUT2D eigenvalue weighted by atomic mass is 9.97. The van der Waals surface area contributed by atoms with Crippen molar-refractivity contribution < 1.29 is 9.47 Å². The first kappa shape index (κ1) is 14.9. The first-order chi connectivity index (χ1) is 9.80. The Morgan fingerprint density at radius 1 is 1.25 bits per heavy atom. The SMILES string of the molecule is CCOc1cccc(CC(CN)c2cccs2)c1OC. The van der Waals surface area contributed by atoms with E-state index < -0.39 is 0 Å². The molecule has 0 saturated heterocycles. The van der Waals surface area contributed by atoms with Crippen molar-refractivity contribution in [2.45, 2.75) is 19.3 Å². The number of methoxy groups -OCH3 is 1. The molecule has 108 valence electrons. The molecule has 1 heterocycles. The summed E-state index contributed by atoms with van der Waals surface area (Å²) in [5, 5.41) is 2.09.